The van der Waals surface area contributed by atoms with Crippen molar-refractivity contribution >= 4 is 17.7 Å². The van der Waals surface area contributed by atoms with Crippen LogP contribution in [0.25, 0.3) is 0 Å². The van der Waals surface area contributed by atoms with Crippen molar-refractivity contribution in [1.82, 2.24) is 10.6 Å². The van der Waals surface area contributed by atoms with Crippen molar-refractivity contribution in [3.05, 3.63) is 0 Å². The van der Waals surface area contributed by atoms with Crippen LogP contribution < -0.4 is 10.6 Å². The van der Waals surface area contributed by atoms with E-state index in [1.54, 1.807) is 0 Å². The maximum atomic E-state index is 11.0. The molecule has 0 spiro atoms. The zero-order valence-corrected chi connectivity index (χ0v) is 10.2. The summed E-state index contributed by atoms with van der Waals surface area (Å²) in [5.74, 6) is 1.52. The Morgan fingerprint density at radius 1 is 1.67 bits per heavy atom. The van der Waals surface area contributed by atoms with Crippen LogP contribution >= 0.6 is 11.8 Å². The first-order chi connectivity index (χ1) is 7.18. The molecule has 2 aliphatic rings. The van der Waals surface area contributed by atoms with Crippen LogP contribution in [0.5, 0.6) is 0 Å². The first-order valence-electron chi connectivity index (χ1n) is 5.82. The van der Waals surface area contributed by atoms with Gasteiger partial charge in [0.25, 0.3) is 0 Å². The molecule has 4 heteroatoms. The van der Waals surface area contributed by atoms with Crippen LogP contribution in [-0.4, -0.2) is 35.5 Å². The molecule has 2 N–H and O–H groups in total. The number of nitrogens with one attached hydrogen (secondary N) is 2. The molecule has 2 atom stereocenters. The lowest BCUT2D eigenvalue weighted by molar-refractivity contribution is -0.119. The van der Waals surface area contributed by atoms with Gasteiger partial charge in [-0.15, -0.1) is 0 Å². The summed E-state index contributed by atoms with van der Waals surface area (Å²) in [6.07, 6.45) is 4.37. The first-order valence-corrected chi connectivity index (χ1v) is 6.81. The Hall–Kier alpha value is -0.220. The normalized spacial score (nSPS) is 35.8. The number of thioether (sulfide) groups is 1. The van der Waals surface area contributed by atoms with Crippen LogP contribution in [0.15, 0.2) is 0 Å². The maximum absolute atomic E-state index is 11.0. The second kappa shape index (κ2) is 4.74. The average molecular weight is 228 g/mol. The highest BCUT2D eigenvalue weighted by atomic mass is 32.2. The highest BCUT2D eigenvalue weighted by Crippen LogP contribution is 2.36. The van der Waals surface area contributed by atoms with E-state index in [4.69, 9.17) is 0 Å². The third-order valence-electron chi connectivity index (χ3n) is 3.28. The van der Waals surface area contributed by atoms with E-state index in [1.807, 2.05) is 0 Å². The number of carbonyl (C=O) groups is 1. The summed E-state index contributed by atoms with van der Waals surface area (Å²) in [7, 11) is 0. The van der Waals surface area contributed by atoms with Gasteiger partial charge in [-0.05, 0) is 31.9 Å². The quantitative estimate of drug-likeness (QED) is 0.758. The van der Waals surface area contributed by atoms with Crippen LogP contribution in [0, 0.1) is 0 Å². The molecule has 0 bridgehead atoms. The first kappa shape index (κ1) is 11.3. The Kier molecular flexibility index (Phi) is 3.57. The highest BCUT2D eigenvalue weighted by Gasteiger charge is 2.29. The van der Waals surface area contributed by atoms with E-state index >= 15 is 0 Å². The van der Waals surface area contributed by atoms with Gasteiger partial charge in [-0.2, -0.15) is 11.8 Å². The van der Waals surface area contributed by atoms with Gasteiger partial charge in [0.2, 0.25) is 5.91 Å². The van der Waals surface area contributed by atoms with Gasteiger partial charge in [0.1, 0.15) is 0 Å². The number of hydrogen-bond donors (Lipinski definition) is 2. The second-order valence-electron chi connectivity index (χ2n) is 4.84. The van der Waals surface area contributed by atoms with Crippen LogP contribution in [0.2, 0.25) is 0 Å². The van der Waals surface area contributed by atoms with Crippen molar-refractivity contribution in [2.24, 2.45) is 0 Å². The Balaban J connectivity index is 1.64. The van der Waals surface area contributed by atoms with Gasteiger partial charge in [0.15, 0.2) is 0 Å². The average Bonchev–Trinajstić information content (AvgIpc) is 2.76. The molecule has 2 rings (SSSR count). The third kappa shape index (κ3) is 3.11. The highest BCUT2D eigenvalue weighted by molar-refractivity contribution is 8.00. The van der Waals surface area contributed by atoms with Gasteiger partial charge in [-0.3, -0.25) is 4.79 Å². The van der Waals surface area contributed by atoms with Gasteiger partial charge >= 0.3 is 0 Å². The van der Waals surface area contributed by atoms with Crippen molar-refractivity contribution < 1.29 is 4.79 Å². The smallest absolute Gasteiger partial charge is 0.220 e. The number of carbonyl (C=O) groups excluding carboxylic acids is 1. The van der Waals surface area contributed by atoms with E-state index in [-0.39, 0.29) is 5.91 Å². The van der Waals surface area contributed by atoms with Gasteiger partial charge in [0, 0.05) is 30.3 Å². The largest absolute Gasteiger partial charge is 0.352 e. The molecule has 2 saturated heterocycles. The molecule has 0 radical (unpaired) electrons. The molecule has 0 aliphatic carbocycles. The van der Waals surface area contributed by atoms with E-state index in [0.29, 0.717) is 17.2 Å². The van der Waals surface area contributed by atoms with Gasteiger partial charge in [-0.1, -0.05) is 0 Å². The summed E-state index contributed by atoms with van der Waals surface area (Å²) < 4.78 is 0.433. The molecule has 2 heterocycles. The van der Waals surface area contributed by atoms with Crippen molar-refractivity contribution in [2.45, 2.75) is 43.4 Å². The Labute approximate surface area is 95.8 Å². The zero-order chi connectivity index (χ0) is 10.7. The number of hydrogen-bond acceptors (Lipinski definition) is 3. The van der Waals surface area contributed by atoms with Crippen molar-refractivity contribution in [2.75, 3.05) is 18.8 Å². The molecule has 2 fully saturated rings. The van der Waals surface area contributed by atoms with Crippen molar-refractivity contribution in [1.29, 1.82) is 0 Å². The molecule has 0 aromatic heterocycles. The summed E-state index contributed by atoms with van der Waals surface area (Å²) in [5, 5.41) is 6.48. The number of rotatable bonds is 4. The molecule has 0 aromatic rings. The molecule has 2 aliphatic heterocycles. The summed E-state index contributed by atoms with van der Waals surface area (Å²) >= 11 is 2.08. The van der Waals surface area contributed by atoms with E-state index in [1.165, 1.54) is 18.6 Å². The zero-order valence-electron chi connectivity index (χ0n) is 9.34. The summed E-state index contributed by atoms with van der Waals surface area (Å²) in [4.78, 5) is 11.0. The van der Waals surface area contributed by atoms with E-state index < -0.39 is 0 Å². The fourth-order valence-electron chi connectivity index (χ4n) is 2.32. The second-order valence-corrected chi connectivity index (χ2v) is 6.52. The molecule has 0 saturated carbocycles. The molecule has 86 valence electrons. The molecular weight excluding hydrogens is 208 g/mol. The molecule has 1 amide bonds. The van der Waals surface area contributed by atoms with Crippen molar-refractivity contribution in [3.8, 4) is 0 Å². The molecule has 0 aromatic carbocycles. The van der Waals surface area contributed by atoms with Crippen molar-refractivity contribution in [3.63, 3.8) is 0 Å². The lowest BCUT2D eigenvalue weighted by atomic mass is 10.1. The monoisotopic (exact) mass is 228 g/mol. The van der Waals surface area contributed by atoms with Crippen LogP contribution in [0.1, 0.15) is 32.6 Å². The predicted molar refractivity (Wildman–Crippen MR) is 64.1 cm³/mol. The summed E-state index contributed by atoms with van der Waals surface area (Å²) in [6, 6.07) is 0.368. The fourth-order valence-corrected chi connectivity index (χ4v) is 3.59. The Morgan fingerprint density at radius 2 is 2.53 bits per heavy atom. The van der Waals surface area contributed by atoms with E-state index in [0.717, 1.165) is 19.5 Å². The predicted octanol–water partition coefficient (Wildman–Crippen LogP) is 1.14. The molecule has 15 heavy (non-hydrogen) atoms. The van der Waals surface area contributed by atoms with E-state index in [9.17, 15) is 4.79 Å². The van der Waals surface area contributed by atoms with Crippen LogP contribution in [-0.2, 0) is 4.79 Å². The third-order valence-corrected chi connectivity index (χ3v) is 4.81. The minimum atomic E-state index is 0.211. The lowest BCUT2D eigenvalue weighted by Gasteiger charge is -2.24. The lowest BCUT2D eigenvalue weighted by Crippen LogP contribution is -2.40. The maximum Gasteiger partial charge on any atom is 0.220 e. The van der Waals surface area contributed by atoms with Gasteiger partial charge in [0.05, 0.1) is 0 Å². The minimum absolute atomic E-state index is 0.211. The minimum Gasteiger partial charge on any atom is -0.352 e. The van der Waals surface area contributed by atoms with E-state index in [2.05, 4.69) is 29.3 Å². The van der Waals surface area contributed by atoms with Gasteiger partial charge < -0.3 is 10.6 Å². The molecular formula is C11H20N2OS. The summed E-state index contributed by atoms with van der Waals surface area (Å²) in [6.45, 7) is 4.34. The van der Waals surface area contributed by atoms with Crippen LogP contribution in [0.3, 0.4) is 0 Å². The molecule has 3 nitrogen and oxygen atoms in total. The SMILES string of the molecule is CC1(CNCC2CCC(=O)N2)CCCS1. The summed E-state index contributed by atoms with van der Waals surface area (Å²) in [5.41, 5.74) is 0. The number of amides is 1. The Bertz CT molecular complexity index is 239. The van der Waals surface area contributed by atoms with Gasteiger partial charge in [-0.25, -0.2) is 0 Å². The molecule has 2 unspecified atom stereocenters. The fraction of sp³-hybridized carbons (Fsp3) is 0.909. The topological polar surface area (TPSA) is 41.1 Å². The standard InChI is InChI=1S/C11H20N2OS/c1-11(5-2-6-15-11)8-12-7-9-3-4-10(14)13-9/h9,12H,2-8H2,1H3,(H,13,14). The van der Waals surface area contributed by atoms with Crippen LogP contribution in [0.4, 0.5) is 0 Å². The Morgan fingerprint density at radius 3 is 3.13 bits per heavy atom.